The van der Waals surface area contributed by atoms with E-state index in [9.17, 15) is 0 Å². The fourth-order valence-corrected chi connectivity index (χ4v) is 2.77. The van der Waals surface area contributed by atoms with Crippen LogP contribution in [0.4, 0.5) is 0 Å². The van der Waals surface area contributed by atoms with Crippen LogP contribution in [-0.4, -0.2) is 36.6 Å². The number of hydrogen-bond acceptors (Lipinski definition) is 2. The summed E-state index contributed by atoms with van der Waals surface area (Å²) in [7, 11) is 0. The van der Waals surface area contributed by atoms with Gasteiger partial charge in [0.2, 0.25) is 0 Å². The molecule has 0 aromatic carbocycles. The van der Waals surface area contributed by atoms with Gasteiger partial charge in [0.15, 0.2) is 0 Å². The predicted octanol–water partition coefficient (Wildman–Crippen LogP) is 1.47. The lowest BCUT2D eigenvalue weighted by molar-refractivity contribution is 0.226. The zero-order valence-electron chi connectivity index (χ0n) is 8.92. The number of hydrogen-bond donors (Lipinski definition) is 1. The van der Waals surface area contributed by atoms with Gasteiger partial charge in [0.05, 0.1) is 0 Å². The summed E-state index contributed by atoms with van der Waals surface area (Å²) in [6.45, 7) is 8.51. The van der Waals surface area contributed by atoms with Crippen molar-refractivity contribution in [2.75, 3.05) is 19.6 Å². The Bertz CT molecular complexity index is 153. The van der Waals surface area contributed by atoms with Crippen LogP contribution in [0.3, 0.4) is 0 Å². The van der Waals surface area contributed by atoms with Gasteiger partial charge in [-0.05, 0) is 58.7 Å². The lowest BCUT2D eigenvalue weighted by atomic mass is 9.96. The Balaban J connectivity index is 1.91. The van der Waals surface area contributed by atoms with Crippen LogP contribution in [0.1, 0.15) is 33.1 Å². The first kappa shape index (κ1) is 9.47. The highest BCUT2D eigenvalue weighted by Crippen LogP contribution is 2.25. The molecular weight excluding hydrogens is 160 g/mol. The Morgan fingerprint density at radius 3 is 2.69 bits per heavy atom. The second-order valence-corrected chi connectivity index (χ2v) is 4.82. The highest BCUT2D eigenvalue weighted by Gasteiger charge is 2.30. The highest BCUT2D eigenvalue weighted by atomic mass is 15.2. The van der Waals surface area contributed by atoms with Crippen LogP contribution in [0, 0.1) is 5.92 Å². The van der Waals surface area contributed by atoms with Gasteiger partial charge in [-0.25, -0.2) is 0 Å². The van der Waals surface area contributed by atoms with Crippen molar-refractivity contribution in [2.45, 2.75) is 45.2 Å². The molecule has 0 bridgehead atoms. The molecule has 0 aromatic rings. The second kappa shape index (κ2) is 3.97. The van der Waals surface area contributed by atoms with E-state index in [1.165, 1.54) is 38.9 Å². The maximum atomic E-state index is 3.63. The van der Waals surface area contributed by atoms with Gasteiger partial charge in [-0.2, -0.15) is 0 Å². The third kappa shape index (κ3) is 2.05. The summed E-state index contributed by atoms with van der Waals surface area (Å²) in [5.41, 5.74) is 0. The number of rotatable bonds is 1. The van der Waals surface area contributed by atoms with Crippen molar-refractivity contribution in [3.8, 4) is 0 Å². The standard InChI is InChI=1S/C11H22N2/c1-9(2)13-7-4-10-3-6-12-11(10)5-8-13/h9-12H,3-8H2,1-2H3. The van der Waals surface area contributed by atoms with E-state index in [1.54, 1.807) is 0 Å². The third-order valence-electron chi connectivity index (χ3n) is 3.74. The zero-order chi connectivity index (χ0) is 9.26. The number of fused-ring (bicyclic) bond motifs is 1. The highest BCUT2D eigenvalue weighted by molar-refractivity contribution is 4.88. The van der Waals surface area contributed by atoms with Gasteiger partial charge in [0, 0.05) is 12.1 Å². The molecule has 2 aliphatic rings. The van der Waals surface area contributed by atoms with Crippen LogP contribution in [0.5, 0.6) is 0 Å². The minimum absolute atomic E-state index is 0.735. The zero-order valence-corrected chi connectivity index (χ0v) is 8.92. The van der Waals surface area contributed by atoms with Crippen molar-refractivity contribution < 1.29 is 0 Å². The molecule has 2 rings (SSSR count). The fourth-order valence-electron chi connectivity index (χ4n) is 2.77. The van der Waals surface area contributed by atoms with Gasteiger partial charge in [-0.3, -0.25) is 0 Å². The average molecular weight is 182 g/mol. The summed E-state index contributed by atoms with van der Waals surface area (Å²) in [6.07, 6.45) is 4.19. The summed E-state index contributed by atoms with van der Waals surface area (Å²) in [4.78, 5) is 2.62. The van der Waals surface area contributed by atoms with Crippen molar-refractivity contribution in [1.82, 2.24) is 10.2 Å². The molecule has 0 amide bonds. The number of likely N-dealkylation sites (tertiary alicyclic amines) is 1. The van der Waals surface area contributed by atoms with E-state index in [-0.39, 0.29) is 0 Å². The summed E-state index contributed by atoms with van der Waals surface area (Å²) >= 11 is 0. The molecule has 1 N–H and O–H groups in total. The second-order valence-electron chi connectivity index (χ2n) is 4.82. The minimum atomic E-state index is 0.735. The van der Waals surface area contributed by atoms with E-state index in [4.69, 9.17) is 0 Å². The molecule has 13 heavy (non-hydrogen) atoms. The molecule has 2 saturated heterocycles. The normalized spacial score (nSPS) is 36.2. The molecule has 76 valence electrons. The Labute approximate surface area is 81.7 Å². The number of nitrogens with one attached hydrogen (secondary N) is 1. The van der Waals surface area contributed by atoms with Crippen LogP contribution in [0.2, 0.25) is 0 Å². The molecular formula is C11H22N2. The Kier molecular flexibility index (Phi) is 2.89. The van der Waals surface area contributed by atoms with Crippen molar-refractivity contribution in [3.63, 3.8) is 0 Å². The molecule has 0 radical (unpaired) electrons. The van der Waals surface area contributed by atoms with E-state index in [0.717, 1.165) is 18.0 Å². The van der Waals surface area contributed by atoms with Gasteiger partial charge in [0.25, 0.3) is 0 Å². The van der Waals surface area contributed by atoms with E-state index in [2.05, 4.69) is 24.1 Å². The van der Waals surface area contributed by atoms with Crippen LogP contribution < -0.4 is 5.32 Å². The van der Waals surface area contributed by atoms with Crippen LogP contribution in [-0.2, 0) is 0 Å². The van der Waals surface area contributed by atoms with Gasteiger partial charge < -0.3 is 10.2 Å². The Hall–Kier alpha value is -0.0800. The monoisotopic (exact) mass is 182 g/mol. The lowest BCUT2D eigenvalue weighted by Gasteiger charge is -2.24. The largest absolute Gasteiger partial charge is 0.314 e. The first-order valence-electron chi connectivity index (χ1n) is 5.75. The van der Waals surface area contributed by atoms with Crippen molar-refractivity contribution in [1.29, 1.82) is 0 Å². The summed E-state index contributed by atoms with van der Waals surface area (Å²) in [5, 5.41) is 3.63. The van der Waals surface area contributed by atoms with Crippen molar-refractivity contribution in [2.24, 2.45) is 5.92 Å². The Morgan fingerprint density at radius 1 is 1.15 bits per heavy atom. The van der Waals surface area contributed by atoms with E-state index >= 15 is 0 Å². The first-order valence-corrected chi connectivity index (χ1v) is 5.75. The van der Waals surface area contributed by atoms with Gasteiger partial charge in [0.1, 0.15) is 0 Å². The van der Waals surface area contributed by atoms with E-state index in [1.807, 2.05) is 0 Å². The van der Waals surface area contributed by atoms with Gasteiger partial charge in [-0.1, -0.05) is 0 Å². The lowest BCUT2D eigenvalue weighted by Crippen LogP contribution is -2.33. The average Bonchev–Trinajstić information content (AvgIpc) is 2.44. The smallest absolute Gasteiger partial charge is 0.0108 e. The Morgan fingerprint density at radius 2 is 1.92 bits per heavy atom. The molecule has 0 spiro atoms. The minimum Gasteiger partial charge on any atom is -0.314 e. The van der Waals surface area contributed by atoms with Crippen LogP contribution >= 0.6 is 0 Å². The summed E-state index contributed by atoms with van der Waals surface area (Å²) < 4.78 is 0. The van der Waals surface area contributed by atoms with Crippen LogP contribution in [0.15, 0.2) is 0 Å². The summed E-state index contributed by atoms with van der Waals surface area (Å²) in [5.74, 6) is 0.976. The molecule has 0 aromatic heterocycles. The quantitative estimate of drug-likeness (QED) is 0.660. The molecule has 2 heteroatoms. The maximum Gasteiger partial charge on any atom is 0.0108 e. The summed E-state index contributed by atoms with van der Waals surface area (Å²) in [6, 6.07) is 1.57. The van der Waals surface area contributed by atoms with Gasteiger partial charge >= 0.3 is 0 Å². The van der Waals surface area contributed by atoms with Crippen molar-refractivity contribution in [3.05, 3.63) is 0 Å². The molecule has 2 unspecified atom stereocenters. The first-order chi connectivity index (χ1) is 6.27. The van der Waals surface area contributed by atoms with Crippen molar-refractivity contribution >= 4 is 0 Å². The van der Waals surface area contributed by atoms with E-state index in [0.29, 0.717) is 0 Å². The van der Waals surface area contributed by atoms with Crippen LogP contribution in [0.25, 0.3) is 0 Å². The molecule has 2 atom stereocenters. The molecule has 2 heterocycles. The fraction of sp³-hybridized carbons (Fsp3) is 1.00. The predicted molar refractivity (Wildman–Crippen MR) is 55.8 cm³/mol. The molecule has 0 aliphatic carbocycles. The molecule has 2 nitrogen and oxygen atoms in total. The topological polar surface area (TPSA) is 15.3 Å². The molecule has 2 fully saturated rings. The third-order valence-corrected chi connectivity index (χ3v) is 3.74. The molecule has 2 aliphatic heterocycles. The maximum absolute atomic E-state index is 3.63. The number of nitrogens with zero attached hydrogens (tertiary/aromatic N) is 1. The van der Waals surface area contributed by atoms with Gasteiger partial charge in [-0.15, -0.1) is 0 Å². The van der Waals surface area contributed by atoms with E-state index < -0.39 is 0 Å². The SMILES string of the molecule is CC(C)N1CCC2CCNC2CC1. The molecule has 0 saturated carbocycles.